The molecule has 5 nitrogen and oxygen atoms in total. The van der Waals surface area contributed by atoms with E-state index in [1.165, 1.54) is 18.5 Å². The highest BCUT2D eigenvalue weighted by Crippen LogP contribution is 2.39. The highest BCUT2D eigenvalue weighted by Gasteiger charge is 2.26. The molecule has 1 aliphatic rings. The summed E-state index contributed by atoms with van der Waals surface area (Å²) >= 11 is 0. The third-order valence-corrected chi connectivity index (χ3v) is 3.40. The van der Waals surface area contributed by atoms with Crippen molar-refractivity contribution < 1.29 is 0 Å². The predicted octanol–water partition coefficient (Wildman–Crippen LogP) is 2.59. The molecule has 0 saturated heterocycles. The standard InChI is InChI=1S/C14H19N5/c1-4-15-13-9(2)14(17-10(3)16-13)19-8-7-12(18-19)11-5-6-11/h7-8,11H,4-6H2,1-3H3,(H,15,16,17). The van der Waals surface area contributed by atoms with Crippen molar-refractivity contribution in [3.05, 3.63) is 29.3 Å². The first-order chi connectivity index (χ1) is 9.19. The average molecular weight is 257 g/mol. The van der Waals surface area contributed by atoms with Crippen LogP contribution in [0.15, 0.2) is 12.3 Å². The lowest BCUT2D eigenvalue weighted by Gasteiger charge is -2.11. The summed E-state index contributed by atoms with van der Waals surface area (Å²) in [5, 5.41) is 7.92. The van der Waals surface area contributed by atoms with Gasteiger partial charge in [0.15, 0.2) is 5.82 Å². The van der Waals surface area contributed by atoms with E-state index >= 15 is 0 Å². The molecule has 0 aromatic carbocycles. The van der Waals surface area contributed by atoms with E-state index in [1.807, 2.05) is 24.7 Å². The third-order valence-electron chi connectivity index (χ3n) is 3.40. The molecule has 0 amide bonds. The van der Waals surface area contributed by atoms with E-state index in [4.69, 9.17) is 0 Å². The molecule has 0 radical (unpaired) electrons. The van der Waals surface area contributed by atoms with Gasteiger partial charge in [-0.05, 0) is 39.7 Å². The highest BCUT2D eigenvalue weighted by molar-refractivity contribution is 5.51. The van der Waals surface area contributed by atoms with Crippen LogP contribution in [0.25, 0.3) is 5.82 Å². The molecule has 0 bridgehead atoms. The summed E-state index contributed by atoms with van der Waals surface area (Å²) < 4.78 is 1.87. The number of nitrogens with zero attached hydrogens (tertiary/aromatic N) is 4. The van der Waals surface area contributed by atoms with Crippen LogP contribution < -0.4 is 5.32 Å². The zero-order valence-electron chi connectivity index (χ0n) is 11.6. The Hall–Kier alpha value is -1.91. The minimum absolute atomic E-state index is 0.665. The van der Waals surface area contributed by atoms with E-state index in [2.05, 4.69) is 33.4 Å². The van der Waals surface area contributed by atoms with Crippen LogP contribution in [0.3, 0.4) is 0 Å². The summed E-state index contributed by atoms with van der Waals surface area (Å²) in [5.74, 6) is 3.20. The molecule has 1 saturated carbocycles. The summed E-state index contributed by atoms with van der Waals surface area (Å²) in [5.41, 5.74) is 2.22. The molecule has 3 rings (SSSR count). The second-order valence-corrected chi connectivity index (χ2v) is 5.06. The molecule has 0 atom stereocenters. The Bertz CT molecular complexity index is 598. The molecule has 19 heavy (non-hydrogen) atoms. The van der Waals surface area contributed by atoms with Crippen LogP contribution in [0.4, 0.5) is 5.82 Å². The third kappa shape index (κ3) is 2.32. The average Bonchev–Trinajstić information content (AvgIpc) is 3.12. The monoisotopic (exact) mass is 257 g/mol. The second kappa shape index (κ2) is 4.64. The van der Waals surface area contributed by atoms with Crippen LogP contribution in [0.5, 0.6) is 0 Å². The lowest BCUT2D eigenvalue weighted by atomic mass is 10.3. The van der Waals surface area contributed by atoms with Crippen LogP contribution in [0.1, 0.15) is 42.8 Å². The minimum atomic E-state index is 0.665. The van der Waals surface area contributed by atoms with Crippen molar-refractivity contribution in [2.45, 2.75) is 39.5 Å². The number of aromatic nitrogens is 4. The van der Waals surface area contributed by atoms with Crippen molar-refractivity contribution in [1.82, 2.24) is 19.7 Å². The zero-order chi connectivity index (χ0) is 13.4. The SMILES string of the molecule is CCNc1nc(C)nc(-n2ccc(C3CC3)n2)c1C. The summed E-state index contributed by atoms with van der Waals surface area (Å²) in [6, 6.07) is 2.10. The fourth-order valence-electron chi connectivity index (χ4n) is 2.23. The zero-order valence-corrected chi connectivity index (χ0v) is 11.6. The van der Waals surface area contributed by atoms with Crippen LogP contribution in [0.2, 0.25) is 0 Å². The molecule has 2 aromatic rings. The van der Waals surface area contributed by atoms with E-state index in [-0.39, 0.29) is 0 Å². The molecule has 1 aliphatic carbocycles. The van der Waals surface area contributed by atoms with E-state index < -0.39 is 0 Å². The molecule has 1 N–H and O–H groups in total. The summed E-state index contributed by atoms with van der Waals surface area (Å²) in [7, 11) is 0. The molecular formula is C14H19N5. The first kappa shape index (κ1) is 12.1. The van der Waals surface area contributed by atoms with Gasteiger partial charge in [0.1, 0.15) is 11.6 Å². The maximum atomic E-state index is 4.64. The van der Waals surface area contributed by atoms with Crippen molar-refractivity contribution in [3.8, 4) is 5.82 Å². The Morgan fingerprint density at radius 1 is 1.32 bits per heavy atom. The van der Waals surface area contributed by atoms with Gasteiger partial charge in [0.25, 0.3) is 0 Å². The van der Waals surface area contributed by atoms with Crippen molar-refractivity contribution in [3.63, 3.8) is 0 Å². The minimum Gasteiger partial charge on any atom is -0.370 e. The first-order valence-corrected chi connectivity index (χ1v) is 6.84. The first-order valence-electron chi connectivity index (χ1n) is 6.84. The quantitative estimate of drug-likeness (QED) is 0.914. The van der Waals surface area contributed by atoms with Gasteiger partial charge >= 0.3 is 0 Å². The van der Waals surface area contributed by atoms with Crippen molar-refractivity contribution in [1.29, 1.82) is 0 Å². The maximum Gasteiger partial charge on any atom is 0.162 e. The van der Waals surface area contributed by atoms with Gasteiger partial charge in [-0.1, -0.05) is 0 Å². The largest absolute Gasteiger partial charge is 0.370 e. The second-order valence-electron chi connectivity index (χ2n) is 5.06. The molecule has 2 aromatic heterocycles. The van der Waals surface area contributed by atoms with Crippen LogP contribution >= 0.6 is 0 Å². The fourth-order valence-corrected chi connectivity index (χ4v) is 2.23. The number of anilines is 1. The van der Waals surface area contributed by atoms with Gasteiger partial charge in [-0.15, -0.1) is 0 Å². The number of hydrogen-bond donors (Lipinski definition) is 1. The number of rotatable bonds is 4. The smallest absolute Gasteiger partial charge is 0.162 e. The van der Waals surface area contributed by atoms with Crippen LogP contribution in [-0.2, 0) is 0 Å². The lowest BCUT2D eigenvalue weighted by molar-refractivity contribution is 0.792. The summed E-state index contributed by atoms with van der Waals surface area (Å²) in [6.07, 6.45) is 4.53. The van der Waals surface area contributed by atoms with Crippen LogP contribution in [-0.4, -0.2) is 26.3 Å². The van der Waals surface area contributed by atoms with Gasteiger partial charge in [0, 0.05) is 24.2 Å². The van der Waals surface area contributed by atoms with E-state index in [9.17, 15) is 0 Å². The maximum absolute atomic E-state index is 4.64. The Morgan fingerprint density at radius 3 is 2.79 bits per heavy atom. The molecule has 0 aliphatic heterocycles. The number of aryl methyl sites for hydroxylation is 1. The number of hydrogen-bond acceptors (Lipinski definition) is 4. The van der Waals surface area contributed by atoms with Gasteiger partial charge in [0.05, 0.1) is 5.69 Å². The van der Waals surface area contributed by atoms with Gasteiger partial charge < -0.3 is 5.32 Å². The molecule has 0 unspecified atom stereocenters. The number of nitrogens with one attached hydrogen (secondary N) is 1. The molecule has 5 heteroatoms. The molecular weight excluding hydrogens is 238 g/mol. The summed E-state index contributed by atoms with van der Waals surface area (Å²) in [4.78, 5) is 8.97. The van der Waals surface area contributed by atoms with Crippen molar-refractivity contribution in [2.24, 2.45) is 0 Å². The predicted molar refractivity (Wildman–Crippen MR) is 74.8 cm³/mol. The normalized spacial score (nSPS) is 14.7. The fraction of sp³-hybridized carbons (Fsp3) is 0.500. The van der Waals surface area contributed by atoms with E-state index in [1.54, 1.807) is 0 Å². The Balaban J connectivity index is 2.02. The van der Waals surface area contributed by atoms with Crippen molar-refractivity contribution >= 4 is 5.82 Å². The van der Waals surface area contributed by atoms with Crippen molar-refractivity contribution in [2.75, 3.05) is 11.9 Å². The summed E-state index contributed by atoms with van der Waals surface area (Å²) in [6.45, 7) is 6.86. The topological polar surface area (TPSA) is 55.6 Å². The lowest BCUT2D eigenvalue weighted by Crippen LogP contribution is -2.10. The van der Waals surface area contributed by atoms with E-state index in [0.29, 0.717) is 5.92 Å². The van der Waals surface area contributed by atoms with Gasteiger partial charge in [-0.2, -0.15) is 5.10 Å². The Morgan fingerprint density at radius 2 is 2.11 bits per heavy atom. The van der Waals surface area contributed by atoms with Gasteiger partial charge in [-0.25, -0.2) is 14.6 Å². The molecule has 100 valence electrons. The molecule has 1 fully saturated rings. The Labute approximate surface area is 113 Å². The Kier molecular flexibility index (Phi) is 2.97. The van der Waals surface area contributed by atoms with E-state index in [0.717, 1.165) is 29.6 Å². The van der Waals surface area contributed by atoms with Gasteiger partial charge in [0.2, 0.25) is 0 Å². The molecule has 2 heterocycles. The highest BCUT2D eigenvalue weighted by atomic mass is 15.3. The molecule has 0 spiro atoms. The van der Waals surface area contributed by atoms with Crippen LogP contribution in [0, 0.1) is 13.8 Å². The van der Waals surface area contributed by atoms with Gasteiger partial charge in [-0.3, -0.25) is 0 Å².